The molecule has 0 spiro atoms. The molecular weight excluding hydrogens is 258 g/mol. The van der Waals surface area contributed by atoms with Gasteiger partial charge in [-0.2, -0.15) is 0 Å². The van der Waals surface area contributed by atoms with Gasteiger partial charge in [0, 0.05) is 23.4 Å². The summed E-state index contributed by atoms with van der Waals surface area (Å²) in [4.78, 5) is 22.3. The van der Waals surface area contributed by atoms with Crippen LogP contribution in [0, 0.1) is 24.0 Å². The maximum absolute atomic E-state index is 11.9. The topological polar surface area (TPSA) is 84.3 Å². The summed E-state index contributed by atoms with van der Waals surface area (Å²) < 4.78 is 0. The first-order valence-electron chi connectivity index (χ1n) is 6.80. The van der Waals surface area contributed by atoms with Crippen LogP contribution in [0.1, 0.15) is 36.8 Å². The Morgan fingerprint density at radius 1 is 1.25 bits per heavy atom. The molecule has 1 fully saturated rings. The first-order chi connectivity index (χ1) is 9.47. The summed E-state index contributed by atoms with van der Waals surface area (Å²) in [5, 5.41) is 16.5. The number of nitrogens with one attached hydrogen (secondary N) is 2. The van der Waals surface area contributed by atoms with Crippen LogP contribution in [0.4, 0.5) is 16.2 Å². The molecule has 0 radical (unpaired) electrons. The Morgan fingerprint density at radius 3 is 2.50 bits per heavy atom. The number of carbonyl (C=O) groups is 1. The lowest BCUT2D eigenvalue weighted by Gasteiger charge is -2.14. The molecular formula is C14H19N3O3. The Balaban J connectivity index is 2.07. The second-order valence-corrected chi connectivity index (χ2v) is 5.29. The molecule has 2 amide bonds. The third-order valence-corrected chi connectivity index (χ3v) is 3.68. The van der Waals surface area contributed by atoms with Crippen molar-refractivity contribution < 1.29 is 9.72 Å². The van der Waals surface area contributed by atoms with Crippen molar-refractivity contribution in [2.45, 2.75) is 45.6 Å². The predicted octanol–water partition coefficient (Wildman–Crippen LogP) is 3.28. The van der Waals surface area contributed by atoms with Crippen LogP contribution >= 0.6 is 0 Å². The molecule has 6 nitrogen and oxygen atoms in total. The molecule has 0 saturated heterocycles. The second kappa shape index (κ2) is 5.90. The van der Waals surface area contributed by atoms with Crippen LogP contribution in [0.15, 0.2) is 12.1 Å². The van der Waals surface area contributed by atoms with Crippen molar-refractivity contribution in [1.82, 2.24) is 5.32 Å². The van der Waals surface area contributed by atoms with E-state index in [4.69, 9.17) is 0 Å². The van der Waals surface area contributed by atoms with E-state index in [9.17, 15) is 14.9 Å². The van der Waals surface area contributed by atoms with Crippen LogP contribution in [0.25, 0.3) is 0 Å². The molecule has 0 unspecified atom stereocenters. The zero-order valence-electron chi connectivity index (χ0n) is 11.7. The number of nitro benzene ring substituents is 1. The van der Waals surface area contributed by atoms with E-state index in [1.165, 1.54) is 6.07 Å². The molecule has 1 saturated carbocycles. The molecule has 1 aliphatic carbocycles. The van der Waals surface area contributed by atoms with Gasteiger partial charge in [-0.1, -0.05) is 12.8 Å². The van der Waals surface area contributed by atoms with Gasteiger partial charge in [0.2, 0.25) is 0 Å². The Hall–Kier alpha value is -2.11. The number of aryl methyl sites for hydroxylation is 2. The number of benzene rings is 1. The van der Waals surface area contributed by atoms with E-state index in [1.807, 2.05) is 0 Å². The van der Waals surface area contributed by atoms with Crippen LogP contribution in [0.3, 0.4) is 0 Å². The molecule has 0 bridgehead atoms. The molecule has 6 heteroatoms. The highest BCUT2D eigenvalue weighted by molar-refractivity contribution is 5.90. The van der Waals surface area contributed by atoms with Crippen LogP contribution in [0.5, 0.6) is 0 Å². The minimum Gasteiger partial charge on any atom is -0.335 e. The van der Waals surface area contributed by atoms with E-state index in [1.54, 1.807) is 19.9 Å². The molecule has 108 valence electrons. The number of anilines is 1. The van der Waals surface area contributed by atoms with E-state index < -0.39 is 4.92 Å². The van der Waals surface area contributed by atoms with Crippen molar-refractivity contribution in [3.8, 4) is 0 Å². The monoisotopic (exact) mass is 277 g/mol. The molecule has 2 N–H and O–H groups in total. The average Bonchev–Trinajstić information content (AvgIpc) is 2.85. The van der Waals surface area contributed by atoms with Gasteiger partial charge in [-0.15, -0.1) is 0 Å². The minimum absolute atomic E-state index is 0.0734. The molecule has 0 aromatic heterocycles. The number of hydrogen-bond donors (Lipinski definition) is 2. The fourth-order valence-corrected chi connectivity index (χ4v) is 2.55. The van der Waals surface area contributed by atoms with Crippen molar-refractivity contribution in [2.75, 3.05) is 5.32 Å². The average molecular weight is 277 g/mol. The Bertz CT molecular complexity index is 537. The number of urea groups is 1. The zero-order chi connectivity index (χ0) is 14.7. The molecule has 2 rings (SSSR count). The number of carbonyl (C=O) groups excluding carboxylic acids is 1. The maximum atomic E-state index is 11.9. The van der Waals surface area contributed by atoms with Crippen LogP contribution in [-0.4, -0.2) is 17.0 Å². The summed E-state index contributed by atoms with van der Waals surface area (Å²) in [5.74, 6) is 0. The van der Waals surface area contributed by atoms with Crippen LogP contribution in [0.2, 0.25) is 0 Å². The summed E-state index contributed by atoms with van der Waals surface area (Å²) in [7, 11) is 0. The van der Waals surface area contributed by atoms with Gasteiger partial charge in [-0.05, 0) is 38.3 Å². The van der Waals surface area contributed by atoms with E-state index in [0.717, 1.165) is 25.7 Å². The van der Waals surface area contributed by atoms with E-state index >= 15 is 0 Å². The van der Waals surface area contributed by atoms with E-state index in [0.29, 0.717) is 16.8 Å². The molecule has 1 aromatic carbocycles. The lowest BCUT2D eigenvalue weighted by molar-refractivity contribution is -0.385. The first kappa shape index (κ1) is 14.3. The van der Waals surface area contributed by atoms with Gasteiger partial charge in [-0.3, -0.25) is 10.1 Å². The number of hydrogen-bond acceptors (Lipinski definition) is 3. The molecule has 0 aliphatic heterocycles. The highest BCUT2D eigenvalue weighted by Crippen LogP contribution is 2.26. The second-order valence-electron chi connectivity index (χ2n) is 5.29. The third kappa shape index (κ3) is 3.26. The number of amides is 2. The van der Waals surface area contributed by atoms with Gasteiger partial charge in [0.05, 0.1) is 4.92 Å². The van der Waals surface area contributed by atoms with Gasteiger partial charge in [-0.25, -0.2) is 4.79 Å². The van der Waals surface area contributed by atoms with Crippen LogP contribution < -0.4 is 10.6 Å². The molecule has 0 atom stereocenters. The Morgan fingerprint density at radius 2 is 1.90 bits per heavy atom. The van der Waals surface area contributed by atoms with Gasteiger partial charge in [0.15, 0.2) is 0 Å². The minimum atomic E-state index is -0.412. The third-order valence-electron chi connectivity index (χ3n) is 3.68. The molecule has 1 aromatic rings. The van der Waals surface area contributed by atoms with Crippen LogP contribution in [-0.2, 0) is 0 Å². The smallest absolute Gasteiger partial charge is 0.319 e. The number of rotatable bonds is 3. The standard InChI is InChI=1S/C14H19N3O3/c1-9-8-13(17(19)20)10(2)7-12(9)16-14(18)15-11-5-3-4-6-11/h7-8,11H,3-6H2,1-2H3,(H2,15,16,18). The SMILES string of the molecule is Cc1cc([N+](=O)[O-])c(C)cc1NC(=O)NC1CCCC1. The van der Waals surface area contributed by atoms with Gasteiger partial charge >= 0.3 is 6.03 Å². The van der Waals surface area contributed by atoms with Crippen molar-refractivity contribution in [1.29, 1.82) is 0 Å². The first-order valence-corrected chi connectivity index (χ1v) is 6.80. The summed E-state index contributed by atoms with van der Waals surface area (Å²) in [6.45, 7) is 3.41. The van der Waals surface area contributed by atoms with E-state index in [2.05, 4.69) is 10.6 Å². The van der Waals surface area contributed by atoms with Crippen molar-refractivity contribution in [2.24, 2.45) is 0 Å². The normalized spacial score (nSPS) is 15.1. The fourth-order valence-electron chi connectivity index (χ4n) is 2.55. The Labute approximate surface area is 117 Å². The lowest BCUT2D eigenvalue weighted by atomic mass is 10.1. The zero-order valence-corrected chi connectivity index (χ0v) is 11.7. The fraction of sp³-hybridized carbons (Fsp3) is 0.500. The van der Waals surface area contributed by atoms with Gasteiger partial charge in [0.1, 0.15) is 0 Å². The maximum Gasteiger partial charge on any atom is 0.319 e. The van der Waals surface area contributed by atoms with Gasteiger partial charge < -0.3 is 10.6 Å². The summed E-state index contributed by atoms with van der Waals surface area (Å²) in [5.41, 5.74) is 1.91. The Kier molecular flexibility index (Phi) is 4.22. The highest BCUT2D eigenvalue weighted by atomic mass is 16.6. The number of nitrogens with zero attached hydrogens (tertiary/aromatic N) is 1. The van der Waals surface area contributed by atoms with Crippen molar-refractivity contribution >= 4 is 17.4 Å². The molecule has 0 heterocycles. The lowest BCUT2D eigenvalue weighted by Crippen LogP contribution is -2.36. The van der Waals surface area contributed by atoms with E-state index in [-0.39, 0.29) is 17.8 Å². The molecule has 1 aliphatic rings. The summed E-state index contributed by atoms with van der Waals surface area (Å²) >= 11 is 0. The summed E-state index contributed by atoms with van der Waals surface area (Å²) in [6, 6.07) is 3.13. The molecule has 20 heavy (non-hydrogen) atoms. The van der Waals surface area contributed by atoms with Crippen molar-refractivity contribution in [3.63, 3.8) is 0 Å². The van der Waals surface area contributed by atoms with Crippen molar-refractivity contribution in [3.05, 3.63) is 33.4 Å². The highest BCUT2D eigenvalue weighted by Gasteiger charge is 2.18. The predicted molar refractivity (Wildman–Crippen MR) is 77.0 cm³/mol. The summed E-state index contributed by atoms with van der Waals surface area (Å²) in [6.07, 6.45) is 4.35. The quantitative estimate of drug-likeness (QED) is 0.656. The number of nitro groups is 1. The largest absolute Gasteiger partial charge is 0.335 e. The van der Waals surface area contributed by atoms with Gasteiger partial charge in [0.25, 0.3) is 5.69 Å².